The molecule has 0 saturated heterocycles. The highest BCUT2D eigenvalue weighted by Gasteiger charge is 2.22. The van der Waals surface area contributed by atoms with Crippen molar-refractivity contribution in [1.82, 2.24) is 9.97 Å². The van der Waals surface area contributed by atoms with E-state index in [1.807, 2.05) is 18.3 Å². The lowest BCUT2D eigenvalue weighted by atomic mass is 9.86. The van der Waals surface area contributed by atoms with Gasteiger partial charge in [0, 0.05) is 28.7 Å². The van der Waals surface area contributed by atoms with Gasteiger partial charge in [-0.3, -0.25) is 4.98 Å². The zero-order chi connectivity index (χ0) is 16.5. The highest BCUT2D eigenvalue weighted by Crippen LogP contribution is 2.34. The van der Waals surface area contributed by atoms with Gasteiger partial charge in [0.1, 0.15) is 6.07 Å². The van der Waals surface area contributed by atoms with E-state index >= 15 is 0 Å². The van der Waals surface area contributed by atoms with Gasteiger partial charge in [-0.05, 0) is 68.9 Å². The van der Waals surface area contributed by atoms with Gasteiger partial charge in [-0.25, -0.2) is 0 Å². The normalized spacial score (nSPS) is 17.8. The van der Waals surface area contributed by atoms with Gasteiger partial charge in [-0.15, -0.1) is 0 Å². The molecule has 0 spiro atoms. The average Bonchev–Trinajstić information content (AvgIpc) is 2.91. The van der Waals surface area contributed by atoms with Crippen LogP contribution in [0.1, 0.15) is 53.3 Å². The van der Waals surface area contributed by atoms with Gasteiger partial charge in [0.2, 0.25) is 0 Å². The zero-order valence-corrected chi connectivity index (χ0v) is 14.0. The van der Waals surface area contributed by atoms with Crippen LogP contribution in [0.2, 0.25) is 0 Å². The van der Waals surface area contributed by atoms with Gasteiger partial charge in [0.05, 0.1) is 11.3 Å². The number of rotatable bonds is 1. The summed E-state index contributed by atoms with van der Waals surface area (Å²) in [6.07, 6.45) is 7.22. The Bertz CT molecular complexity index is 930. The van der Waals surface area contributed by atoms with E-state index in [2.05, 4.69) is 41.2 Å². The molecule has 120 valence electrons. The fourth-order valence-corrected chi connectivity index (χ4v) is 4.02. The van der Waals surface area contributed by atoms with Crippen molar-refractivity contribution in [3.63, 3.8) is 0 Å². The second-order valence-electron chi connectivity index (χ2n) is 6.81. The number of H-pyrrole nitrogens is 1. The Morgan fingerprint density at radius 1 is 1.21 bits per heavy atom. The highest BCUT2D eigenvalue weighted by atomic mass is 14.7. The van der Waals surface area contributed by atoms with Crippen LogP contribution in [0.4, 0.5) is 0 Å². The van der Waals surface area contributed by atoms with E-state index in [9.17, 15) is 5.26 Å². The summed E-state index contributed by atoms with van der Waals surface area (Å²) in [5, 5.41) is 10.7. The number of fused-ring (bicyclic) bond motifs is 3. The smallest absolute Gasteiger partial charge is 0.101 e. The molecule has 4 rings (SSSR count). The van der Waals surface area contributed by atoms with Crippen LogP contribution < -0.4 is 0 Å². The zero-order valence-electron chi connectivity index (χ0n) is 14.0. The van der Waals surface area contributed by atoms with E-state index < -0.39 is 0 Å². The molecule has 1 aromatic carbocycles. The summed E-state index contributed by atoms with van der Waals surface area (Å²) in [6.45, 7) is 2.16. The number of nitrogens with one attached hydrogen (secondary N) is 1. The molecule has 0 fully saturated rings. The second-order valence-corrected chi connectivity index (χ2v) is 6.81. The molecule has 2 heterocycles. The minimum Gasteiger partial charge on any atom is -0.358 e. The fraction of sp³-hybridized carbons (Fsp3) is 0.333. The number of hydrogen-bond donors (Lipinski definition) is 1. The third kappa shape index (κ3) is 2.59. The quantitative estimate of drug-likeness (QED) is 0.701. The molecule has 2 aromatic heterocycles. The third-order valence-corrected chi connectivity index (χ3v) is 5.22. The maximum Gasteiger partial charge on any atom is 0.101 e. The molecule has 0 radical (unpaired) electrons. The first kappa shape index (κ1) is 15.0. The maximum atomic E-state index is 9.36. The standard InChI is InChI=1S/C21H21N3/c1-14-7-9-20-18(12-14)17-6-2-4-15(8-10-19(17)24-20)21-16(13-22)5-3-11-23-21/h3,5,7,9,11-12,15,24H,2,4,6,8,10H2,1H3. The van der Waals surface area contributed by atoms with E-state index in [-0.39, 0.29) is 0 Å². The molecule has 1 N–H and O–H groups in total. The van der Waals surface area contributed by atoms with Gasteiger partial charge in [0.15, 0.2) is 0 Å². The third-order valence-electron chi connectivity index (χ3n) is 5.22. The van der Waals surface area contributed by atoms with Crippen LogP contribution in [0, 0.1) is 18.3 Å². The molecule has 1 unspecified atom stereocenters. The van der Waals surface area contributed by atoms with Crippen LogP contribution in [-0.4, -0.2) is 9.97 Å². The van der Waals surface area contributed by atoms with Crippen LogP contribution in [-0.2, 0) is 12.8 Å². The molecule has 3 aromatic rings. The lowest BCUT2D eigenvalue weighted by Gasteiger charge is -2.20. The SMILES string of the molecule is Cc1ccc2[nH]c3c(c2c1)CCCC(c1ncccc1C#N)CC3. The van der Waals surface area contributed by atoms with Crippen molar-refractivity contribution in [2.24, 2.45) is 0 Å². The summed E-state index contributed by atoms with van der Waals surface area (Å²) in [7, 11) is 0. The minimum absolute atomic E-state index is 0.377. The predicted molar refractivity (Wildman–Crippen MR) is 96.0 cm³/mol. The van der Waals surface area contributed by atoms with Gasteiger partial charge in [-0.1, -0.05) is 11.6 Å². The molecular formula is C21H21N3. The van der Waals surface area contributed by atoms with Gasteiger partial charge < -0.3 is 4.98 Å². The van der Waals surface area contributed by atoms with Gasteiger partial charge >= 0.3 is 0 Å². The van der Waals surface area contributed by atoms with Gasteiger partial charge in [0.25, 0.3) is 0 Å². The first-order valence-electron chi connectivity index (χ1n) is 8.71. The summed E-state index contributed by atoms with van der Waals surface area (Å²) < 4.78 is 0. The Balaban J connectivity index is 1.67. The predicted octanol–water partition coefficient (Wildman–Crippen LogP) is 4.80. The number of pyridine rings is 1. The summed E-state index contributed by atoms with van der Waals surface area (Å²) in [6, 6.07) is 12.7. The number of nitriles is 1. The molecule has 0 saturated carbocycles. The lowest BCUT2D eigenvalue weighted by molar-refractivity contribution is 0.523. The van der Waals surface area contributed by atoms with Crippen molar-refractivity contribution in [3.05, 3.63) is 64.6 Å². The Labute approximate surface area is 142 Å². The summed E-state index contributed by atoms with van der Waals surface area (Å²) in [5.74, 6) is 0.377. The van der Waals surface area contributed by atoms with Crippen molar-refractivity contribution in [1.29, 1.82) is 5.26 Å². The second kappa shape index (κ2) is 6.13. The van der Waals surface area contributed by atoms with Crippen molar-refractivity contribution >= 4 is 10.9 Å². The molecule has 3 heteroatoms. The Morgan fingerprint density at radius 3 is 3.00 bits per heavy atom. The molecule has 1 atom stereocenters. The van der Waals surface area contributed by atoms with Crippen molar-refractivity contribution in [2.75, 3.05) is 0 Å². The fourth-order valence-electron chi connectivity index (χ4n) is 4.02. The van der Waals surface area contributed by atoms with Crippen LogP contribution in [0.3, 0.4) is 0 Å². The molecule has 3 nitrogen and oxygen atoms in total. The first-order valence-corrected chi connectivity index (χ1v) is 8.71. The number of aromatic amines is 1. The maximum absolute atomic E-state index is 9.36. The molecular weight excluding hydrogens is 294 g/mol. The van der Waals surface area contributed by atoms with E-state index in [0.717, 1.165) is 43.4 Å². The van der Waals surface area contributed by atoms with Crippen molar-refractivity contribution < 1.29 is 0 Å². The first-order chi connectivity index (χ1) is 11.8. The molecule has 1 aliphatic rings. The number of benzene rings is 1. The minimum atomic E-state index is 0.377. The number of aryl methyl sites for hydroxylation is 3. The topological polar surface area (TPSA) is 52.5 Å². The molecule has 24 heavy (non-hydrogen) atoms. The molecule has 1 aliphatic carbocycles. The summed E-state index contributed by atoms with van der Waals surface area (Å²) in [4.78, 5) is 8.15. The Morgan fingerprint density at radius 2 is 2.12 bits per heavy atom. The number of nitrogens with zero attached hydrogens (tertiary/aromatic N) is 2. The summed E-state index contributed by atoms with van der Waals surface area (Å²) in [5.41, 5.74) is 7.14. The van der Waals surface area contributed by atoms with E-state index in [1.165, 1.54) is 27.7 Å². The van der Waals surface area contributed by atoms with Crippen molar-refractivity contribution in [3.8, 4) is 6.07 Å². The van der Waals surface area contributed by atoms with E-state index in [4.69, 9.17) is 0 Å². The van der Waals surface area contributed by atoms with E-state index in [0.29, 0.717) is 5.92 Å². The van der Waals surface area contributed by atoms with Gasteiger partial charge in [-0.2, -0.15) is 5.26 Å². The monoisotopic (exact) mass is 315 g/mol. The Kier molecular flexibility index (Phi) is 3.82. The molecule has 0 amide bonds. The highest BCUT2D eigenvalue weighted by molar-refractivity contribution is 5.85. The van der Waals surface area contributed by atoms with Crippen molar-refractivity contribution in [2.45, 2.75) is 44.9 Å². The lowest BCUT2D eigenvalue weighted by Crippen LogP contribution is -2.10. The Hall–Kier alpha value is -2.60. The number of aromatic nitrogens is 2. The van der Waals surface area contributed by atoms with Crippen LogP contribution >= 0.6 is 0 Å². The molecule has 0 aliphatic heterocycles. The van der Waals surface area contributed by atoms with Crippen LogP contribution in [0.15, 0.2) is 36.5 Å². The van der Waals surface area contributed by atoms with Crippen LogP contribution in [0.25, 0.3) is 10.9 Å². The molecule has 0 bridgehead atoms. The summed E-state index contributed by atoms with van der Waals surface area (Å²) >= 11 is 0. The average molecular weight is 315 g/mol. The van der Waals surface area contributed by atoms with Crippen LogP contribution in [0.5, 0.6) is 0 Å². The van der Waals surface area contributed by atoms with E-state index in [1.54, 1.807) is 0 Å². The number of hydrogen-bond acceptors (Lipinski definition) is 2. The largest absolute Gasteiger partial charge is 0.358 e.